The molecule has 0 spiro atoms. The van der Waals surface area contributed by atoms with Crippen molar-refractivity contribution in [1.29, 1.82) is 0 Å². The van der Waals surface area contributed by atoms with Crippen LogP contribution in [0.3, 0.4) is 0 Å². The number of carbonyl (C=O) groups excluding carboxylic acids is 2. The van der Waals surface area contributed by atoms with Gasteiger partial charge in [-0.1, -0.05) is 58.4 Å². The second kappa shape index (κ2) is 13.7. The van der Waals surface area contributed by atoms with E-state index in [1.807, 2.05) is 61.5 Å². The van der Waals surface area contributed by atoms with Crippen LogP contribution < -0.4 is 4.74 Å². The summed E-state index contributed by atoms with van der Waals surface area (Å²) in [7, 11) is 0. The number of amides is 1. The molecule has 0 aromatic heterocycles. The number of carbonyl (C=O) groups is 2. The first kappa shape index (κ1) is 24.7. The molecule has 0 unspecified atom stereocenters. The molecule has 2 aromatic carbocycles. The van der Waals surface area contributed by atoms with Gasteiger partial charge in [0.25, 0.3) is 0 Å². The highest BCUT2D eigenvalue weighted by Crippen LogP contribution is 2.18. The summed E-state index contributed by atoms with van der Waals surface area (Å²) in [6, 6.07) is 16.2. The third kappa shape index (κ3) is 8.25. The van der Waals surface area contributed by atoms with Gasteiger partial charge in [-0.2, -0.15) is 0 Å². The fraction of sp³-hybridized carbons (Fsp3) is 0.417. The summed E-state index contributed by atoms with van der Waals surface area (Å²) < 4.78 is 16.3. The number of halogens is 1. The van der Waals surface area contributed by atoms with Gasteiger partial charge < -0.3 is 14.2 Å². The van der Waals surface area contributed by atoms with Gasteiger partial charge in [-0.15, -0.1) is 0 Å². The summed E-state index contributed by atoms with van der Waals surface area (Å²) >= 11 is 3.40. The normalized spacial score (nSPS) is 11.5. The molecule has 0 saturated carbocycles. The smallest absolute Gasteiger partial charge is 0.410 e. The van der Waals surface area contributed by atoms with Crippen LogP contribution in [-0.4, -0.2) is 48.1 Å². The average Bonchev–Trinajstić information content (AvgIpc) is 2.79. The predicted octanol–water partition coefficient (Wildman–Crippen LogP) is 4.98. The van der Waals surface area contributed by atoms with Gasteiger partial charge in [0, 0.05) is 18.3 Å². The first-order valence-electron chi connectivity index (χ1n) is 10.5. The monoisotopic (exact) mass is 491 g/mol. The quantitative estimate of drug-likeness (QED) is 0.309. The van der Waals surface area contributed by atoms with Crippen molar-refractivity contribution >= 4 is 28.0 Å². The molecule has 6 nitrogen and oxygen atoms in total. The lowest BCUT2D eigenvalue weighted by atomic mass is 10.0. The minimum atomic E-state index is -0.778. The van der Waals surface area contributed by atoms with Crippen LogP contribution in [0, 0.1) is 0 Å². The zero-order valence-electron chi connectivity index (χ0n) is 18.1. The summed E-state index contributed by atoms with van der Waals surface area (Å²) in [4.78, 5) is 27.2. The fourth-order valence-electron chi connectivity index (χ4n) is 3.08. The molecule has 0 aliphatic carbocycles. The van der Waals surface area contributed by atoms with Crippen molar-refractivity contribution in [3.8, 4) is 5.75 Å². The minimum absolute atomic E-state index is 0.142. The second-order valence-electron chi connectivity index (χ2n) is 6.83. The number of ether oxygens (including phenoxy) is 3. The van der Waals surface area contributed by atoms with Gasteiger partial charge >= 0.3 is 12.1 Å². The molecule has 2 aromatic rings. The van der Waals surface area contributed by atoms with E-state index in [9.17, 15) is 9.59 Å². The van der Waals surface area contributed by atoms with E-state index in [1.54, 1.807) is 6.92 Å². The van der Waals surface area contributed by atoms with Crippen LogP contribution in [0.2, 0.25) is 0 Å². The number of benzene rings is 2. The third-order valence-corrected chi connectivity index (χ3v) is 5.13. The maximum Gasteiger partial charge on any atom is 0.410 e. The van der Waals surface area contributed by atoms with Crippen molar-refractivity contribution in [2.75, 3.05) is 25.1 Å². The largest absolute Gasteiger partial charge is 0.494 e. The van der Waals surface area contributed by atoms with Gasteiger partial charge in [0.2, 0.25) is 0 Å². The molecule has 0 bridgehead atoms. The Bertz CT molecular complexity index is 797. The number of nitrogens with zero attached hydrogens (tertiary/aromatic N) is 1. The van der Waals surface area contributed by atoms with Gasteiger partial charge in [0.05, 0.1) is 13.2 Å². The summed E-state index contributed by atoms with van der Waals surface area (Å²) in [5, 5.41) is 0.702. The topological polar surface area (TPSA) is 65.1 Å². The Morgan fingerprint density at radius 1 is 0.935 bits per heavy atom. The lowest BCUT2D eigenvalue weighted by molar-refractivity contribution is -0.149. The molecule has 0 heterocycles. The van der Waals surface area contributed by atoms with E-state index >= 15 is 0 Å². The van der Waals surface area contributed by atoms with Crippen LogP contribution in [0.5, 0.6) is 5.75 Å². The SMILES string of the molecule is CCOC(=O)[C@H](Cc1ccc(OCC)cc1)N(CCCBr)C(=O)OCc1ccccc1. The average molecular weight is 492 g/mol. The van der Waals surface area contributed by atoms with E-state index in [4.69, 9.17) is 14.2 Å². The molecule has 2 rings (SSSR count). The summed E-state index contributed by atoms with van der Waals surface area (Å²) in [6.07, 6.45) is 0.474. The number of hydrogen-bond acceptors (Lipinski definition) is 5. The maximum absolute atomic E-state index is 13.0. The predicted molar refractivity (Wildman–Crippen MR) is 123 cm³/mol. The summed E-state index contributed by atoms with van der Waals surface area (Å²) in [6.45, 7) is 5.01. The number of rotatable bonds is 12. The summed E-state index contributed by atoms with van der Waals surface area (Å²) in [5.41, 5.74) is 1.79. The Morgan fingerprint density at radius 2 is 1.65 bits per heavy atom. The van der Waals surface area contributed by atoms with E-state index in [-0.39, 0.29) is 13.2 Å². The molecule has 0 radical (unpaired) electrons. The molecular formula is C24H30BrNO5. The van der Waals surface area contributed by atoms with E-state index in [0.717, 1.165) is 16.9 Å². The van der Waals surface area contributed by atoms with E-state index in [2.05, 4.69) is 15.9 Å². The first-order chi connectivity index (χ1) is 15.1. The Hall–Kier alpha value is -2.54. The zero-order chi connectivity index (χ0) is 22.5. The van der Waals surface area contributed by atoms with Crippen molar-refractivity contribution in [3.63, 3.8) is 0 Å². The van der Waals surface area contributed by atoms with Crippen molar-refractivity contribution in [2.24, 2.45) is 0 Å². The molecule has 31 heavy (non-hydrogen) atoms. The van der Waals surface area contributed by atoms with Crippen LogP contribution in [0.4, 0.5) is 4.79 Å². The highest BCUT2D eigenvalue weighted by atomic mass is 79.9. The standard InChI is InChI=1S/C24H30BrNO5/c1-3-29-21-13-11-19(12-14-21)17-22(23(27)30-4-2)26(16-8-15-25)24(28)31-18-20-9-6-5-7-10-20/h5-7,9-14,22H,3-4,8,15-18H2,1-2H3/t22-/m0/s1. The molecule has 168 valence electrons. The molecular weight excluding hydrogens is 462 g/mol. The Morgan fingerprint density at radius 3 is 2.26 bits per heavy atom. The van der Waals surface area contributed by atoms with Crippen LogP contribution in [0.1, 0.15) is 31.4 Å². The Kier molecular flexibility index (Phi) is 10.9. The van der Waals surface area contributed by atoms with Gasteiger partial charge in [0.15, 0.2) is 0 Å². The Labute approximate surface area is 192 Å². The first-order valence-corrected chi connectivity index (χ1v) is 11.6. The maximum atomic E-state index is 13.0. The molecule has 0 fully saturated rings. The Balaban J connectivity index is 2.19. The van der Waals surface area contributed by atoms with Crippen LogP contribution in [0.25, 0.3) is 0 Å². The van der Waals surface area contributed by atoms with Gasteiger partial charge in [0.1, 0.15) is 18.4 Å². The highest BCUT2D eigenvalue weighted by Gasteiger charge is 2.32. The van der Waals surface area contributed by atoms with Gasteiger partial charge in [-0.05, 0) is 43.5 Å². The lowest BCUT2D eigenvalue weighted by Gasteiger charge is -2.29. The number of esters is 1. The molecule has 7 heteroatoms. The number of hydrogen-bond donors (Lipinski definition) is 0. The molecule has 0 N–H and O–H groups in total. The minimum Gasteiger partial charge on any atom is -0.494 e. The van der Waals surface area contributed by atoms with E-state index in [1.165, 1.54) is 4.90 Å². The summed E-state index contributed by atoms with van der Waals surface area (Å²) in [5.74, 6) is 0.319. The van der Waals surface area contributed by atoms with Crippen LogP contribution in [0.15, 0.2) is 54.6 Å². The third-order valence-electron chi connectivity index (χ3n) is 4.57. The second-order valence-corrected chi connectivity index (χ2v) is 7.62. The zero-order valence-corrected chi connectivity index (χ0v) is 19.7. The van der Waals surface area contributed by atoms with Crippen molar-refractivity contribution < 1.29 is 23.8 Å². The van der Waals surface area contributed by atoms with E-state index < -0.39 is 18.1 Å². The lowest BCUT2D eigenvalue weighted by Crippen LogP contribution is -2.48. The molecule has 0 aliphatic rings. The fourth-order valence-corrected chi connectivity index (χ4v) is 3.33. The van der Waals surface area contributed by atoms with Crippen LogP contribution >= 0.6 is 15.9 Å². The number of alkyl halides is 1. The van der Waals surface area contributed by atoms with E-state index in [0.29, 0.717) is 31.3 Å². The molecule has 0 saturated heterocycles. The van der Waals surface area contributed by atoms with Gasteiger partial charge in [-0.25, -0.2) is 9.59 Å². The van der Waals surface area contributed by atoms with Crippen LogP contribution in [-0.2, 0) is 27.3 Å². The highest BCUT2D eigenvalue weighted by molar-refractivity contribution is 9.09. The molecule has 0 aliphatic heterocycles. The molecule has 1 atom stereocenters. The molecule has 1 amide bonds. The van der Waals surface area contributed by atoms with Gasteiger partial charge in [-0.3, -0.25) is 4.90 Å². The van der Waals surface area contributed by atoms with Crippen molar-refractivity contribution in [3.05, 3.63) is 65.7 Å². The van der Waals surface area contributed by atoms with Crippen molar-refractivity contribution in [1.82, 2.24) is 4.90 Å². The van der Waals surface area contributed by atoms with Crippen molar-refractivity contribution in [2.45, 2.75) is 39.3 Å².